The number of hydrogen-bond acceptors (Lipinski definition) is 4. The molecule has 1 aromatic carbocycles. The number of aliphatic carboxylic acids is 1. The first kappa shape index (κ1) is 16.2. The Hall–Kier alpha value is -1.63. The number of carboxylic acids is 1. The van der Waals surface area contributed by atoms with Crippen LogP contribution < -0.4 is 0 Å². The first-order valence-corrected chi connectivity index (χ1v) is 8.10. The molecule has 1 aliphatic rings. The van der Waals surface area contributed by atoms with Crippen molar-refractivity contribution >= 4 is 29.2 Å². The van der Waals surface area contributed by atoms with Gasteiger partial charge in [-0.1, -0.05) is 40.5 Å². The standard InChI is InChI=1S/C15H16Cl2N4O2/c16-12-5-1-4-11(13(12)17)14(15(22)23)20-7-2-3-10(9-20)21-8-6-18-19-21/h1,4-6,8,10,14H,2-3,7,9H2,(H,22,23). The van der Waals surface area contributed by atoms with E-state index in [1.54, 1.807) is 35.3 Å². The minimum Gasteiger partial charge on any atom is -0.480 e. The molecule has 0 radical (unpaired) electrons. The maximum atomic E-state index is 11.9. The number of halogens is 2. The predicted molar refractivity (Wildman–Crippen MR) is 86.7 cm³/mol. The summed E-state index contributed by atoms with van der Waals surface area (Å²) >= 11 is 12.3. The van der Waals surface area contributed by atoms with E-state index < -0.39 is 12.0 Å². The minimum atomic E-state index is -0.937. The van der Waals surface area contributed by atoms with Gasteiger partial charge in [0.15, 0.2) is 0 Å². The third-order valence-corrected chi connectivity index (χ3v) is 4.95. The maximum Gasteiger partial charge on any atom is 0.325 e. The smallest absolute Gasteiger partial charge is 0.325 e. The van der Waals surface area contributed by atoms with Gasteiger partial charge < -0.3 is 5.11 Å². The molecule has 2 unspecified atom stereocenters. The van der Waals surface area contributed by atoms with Crippen molar-refractivity contribution in [3.63, 3.8) is 0 Å². The van der Waals surface area contributed by atoms with Gasteiger partial charge >= 0.3 is 5.97 Å². The number of hydrogen-bond donors (Lipinski definition) is 1. The monoisotopic (exact) mass is 354 g/mol. The molecule has 2 atom stereocenters. The number of aromatic nitrogens is 3. The summed E-state index contributed by atoms with van der Waals surface area (Å²) in [6, 6.07) is 4.36. The van der Waals surface area contributed by atoms with Crippen molar-refractivity contribution < 1.29 is 9.90 Å². The second-order valence-electron chi connectivity index (χ2n) is 5.56. The lowest BCUT2D eigenvalue weighted by Gasteiger charge is -2.36. The van der Waals surface area contributed by atoms with Gasteiger partial charge in [0.2, 0.25) is 0 Å². The normalized spacial score (nSPS) is 20.3. The molecule has 1 fully saturated rings. The topological polar surface area (TPSA) is 71.2 Å². The summed E-state index contributed by atoms with van der Waals surface area (Å²) in [5.41, 5.74) is 0.519. The Balaban J connectivity index is 1.89. The Labute approximate surface area is 143 Å². The minimum absolute atomic E-state index is 0.103. The van der Waals surface area contributed by atoms with Crippen molar-refractivity contribution in [2.45, 2.75) is 24.9 Å². The summed E-state index contributed by atoms with van der Waals surface area (Å²) in [6.07, 6.45) is 5.25. The van der Waals surface area contributed by atoms with Gasteiger partial charge in [0.05, 0.1) is 22.3 Å². The Morgan fingerprint density at radius 1 is 1.39 bits per heavy atom. The molecule has 2 heterocycles. The molecule has 0 amide bonds. The van der Waals surface area contributed by atoms with Crippen LogP contribution in [0.1, 0.15) is 30.5 Å². The van der Waals surface area contributed by atoms with Gasteiger partial charge in [-0.15, -0.1) is 5.10 Å². The molecule has 1 aromatic heterocycles. The maximum absolute atomic E-state index is 11.9. The first-order valence-electron chi connectivity index (χ1n) is 7.34. The SMILES string of the molecule is O=C(O)C(c1cccc(Cl)c1Cl)N1CCCC(n2ccnn2)C1. The molecule has 1 saturated heterocycles. The van der Waals surface area contributed by atoms with Crippen LogP contribution in [0.4, 0.5) is 0 Å². The molecule has 0 spiro atoms. The first-order chi connectivity index (χ1) is 11.1. The molecule has 3 rings (SSSR count). The zero-order chi connectivity index (χ0) is 16.4. The van der Waals surface area contributed by atoms with Gasteiger partial charge in [-0.05, 0) is 25.5 Å². The van der Waals surface area contributed by atoms with Crippen molar-refractivity contribution in [2.75, 3.05) is 13.1 Å². The molecule has 23 heavy (non-hydrogen) atoms. The highest BCUT2D eigenvalue weighted by molar-refractivity contribution is 6.42. The van der Waals surface area contributed by atoms with Crippen LogP contribution in [0.15, 0.2) is 30.6 Å². The van der Waals surface area contributed by atoms with E-state index in [1.165, 1.54) is 0 Å². The second kappa shape index (κ2) is 6.86. The van der Waals surface area contributed by atoms with E-state index in [-0.39, 0.29) is 6.04 Å². The van der Waals surface area contributed by atoms with Crippen LogP contribution in [-0.4, -0.2) is 44.1 Å². The van der Waals surface area contributed by atoms with E-state index in [1.807, 2.05) is 4.90 Å². The van der Waals surface area contributed by atoms with Gasteiger partial charge in [0, 0.05) is 18.3 Å². The lowest BCUT2D eigenvalue weighted by atomic mass is 9.99. The summed E-state index contributed by atoms with van der Waals surface area (Å²) in [7, 11) is 0. The second-order valence-corrected chi connectivity index (χ2v) is 6.34. The van der Waals surface area contributed by atoms with Crippen LogP contribution >= 0.6 is 23.2 Å². The van der Waals surface area contributed by atoms with E-state index >= 15 is 0 Å². The molecular formula is C15H16Cl2N4O2. The van der Waals surface area contributed by atoms with Crippen molar-refractivity contribution in [1.29, 1.82) is 0 Å². The van der Waals surface area contributed by atoms with Crippen molar-refractivity contribution in [3.8, 4) is 0 Å². The molecule has 1 aliphatic heterocycles. The van der Waals surface area contributed by atoms with Gasteiger partial charge in [0.1, 0.15) is 6.04 Å². The fourth-order valence-electron chi connectivity index (χ4n) is 3.06. The largest absolute Gasteiger partial charge is 0.480 e. The molecule has 6 nitrogen and oxygen atoms in total. The third kappa shape index (κ3) is 3.34. The van der Waals surface area contributed by atoms with Crippen LogP contribution in [0, 0.1) is 0 Å². The van der Waals surface area contributed by atoms with Gasteiger partial charge in [-0.2, -0.15) is 0 Å². The Morgan fingerprint density at radius 2 is 2.22 bits per heavy atom. The summed E-state index contributed by atoms with van der Waals surface area (Å²) in [5.74, 6) is -0.937. The summed E-state index contributed by atoms with van der Waals surface area (Å²) in [4.78, 5) is 13.8. The quantitative estimate of drug-likeness (QED) is 0.913. The van der Waals surface area contributed by atoms with E-state index in [2.05, 4.69) is 10.3 Å². The van der Waals surface area contributed by atoms with Crippen LogP contribution in [-0.2, 0) is 4.79 Å². The van der Waals surface area contributed by atoms with Crippen molar-refractivity contribution in [1.82, 2.24) is 19.9 Å². The van der Waals surface area contributed by atoms with Crippen LogP contribution in [0.3, 0.4) is 0 Å². The number of piperidine rings is 1. The Kier molecular flexibility index (Phi) is 4.84. The molecular weight excluding hydrogens is 339 g/mol. The zero-order valence-corrected chi connectivity index (χ0v) is 13.8. The lowest BCUT2D eigenvalue weighted by Crippen LogP contribution is -2.42. The van der Waals surface area contributed by atoms with Crippen LogP contribution in [0.25, 0.3) is 0 Å². The van der Waals surface area contributed by atoms with E-state index in [9.17, 15) is 9.90 Å². The molecule has 1 N–H and O–H groups in total. The Morgan fingerprint density at radius 3 is 2.91 bits per heavy atom. The number of carboxylic acid groups (broad SMARTS) is 1. The number of rotatable bonds is 4. The summed E-state index contributed by atoms with van der Waals surface area (Å²) in [6.45, 7) is 1.26. The molecule has 122 valence electrons. The summed E-state index contributed by atoms with van der Waals surface area (Å²) < 4.78 is 1.78. The van der Waals surface area contributed by atoms with E-state index in [0.717, 1.165) is 12.8 Å². The summed E-state index contributed by atoms with van der Waals surface area (Å²) in [5, 5.41) is 18.2. The van der Waals surface area contributed by atoms with Gasteiger partial charge in [-0.3, -0.25) is 9.69 Å². The number of likely N-dealkylation sites (tertiary alicyclic amines) is 1. The van der Waals surface area contributed by atoms with Crippen LogP contribution in [0.2, 0.25) is 10.0 Å². The van der Waals surface area contributed by atoms with E-state index in [0.29, 0.717) is 28.7 Å². The van der Waals surface area contributed by atoms with Crippen LogP contribution in [0.5, 0.6) is 0 Å². The average Bonchev–Trinajstić information content (AvgIpc) is 3.06. The molecule has 8 heteroatoms. The number of carbonyl (C=O) groups is 1. The average molecular weight is 355 g/mol. The fraction of sp³-hybridized carbons (Fsp3) is 0.400. The highest BCUT2D eigenvalue weighted by Crippen LogP contribution is 2.35. The molecule has 0 aliphatic carbocycles. The van der Waals surface area contributed by atoms with E-state index in [4.69, 9.17) is 23.2 Å². The lowest BCUT2D eigenvalue weighted by molar-refractivity contribution is -0.144. The fourth-order valence-corrected chi connectivity index (χ4v) is 3.47. The Bertz CT molecular complexity index is 693. The van der Waals surface area contributed by atoms with Crippen molar-refractivity contribution in [3.05, 3.63) is 46.2 Å². The molecule has 0 bridgehead atoms. The predicted octanol–water partition coefficient (Wildman–Crippen LogP) is 3.05. The highest BCUT2D eigenvalue weighted by Gasteiger charge is 2.34. The highest BCUT2D eigenvalue weighted by atomic mass is 35.5. The molecule has 2 aromatic rings. The number of nitrogens with zero attached hydrogens (tertiary/aromatic N) is 4. The van der Waals surface area contributed by atoms with Crippen molar-refractivity contribution in [2.24, 2.45) is 0 Å². The van der Waals surface area contributed by atoms with Gasteiger partial charge in [-0.25, -0.2) is 4.68 Å². The molecule has 0 saturated carbocycles. The van der Waals surface area contributed by atoms with Gasteiger partial charge in [0.25, 0.3) is 0 Å². The zero-order valence-electron chi connectivity index (χ0n) is 12.3. The number of benzene rings is 1. The third-order valence-electron chi connectivity index (χ3n) is 4.12.